The van der Waals surface area contributed by atoms with Crippen molar-refractivity contribution in [2.45, 2.75) is 6.92 Å². The van der Waals surface area contributed by atoms with Crippen LogP contribution in [0.3, 0.4) is 0 Å². The van der Waals surface area contributed by atoms with Crippen LogP contribution in [0.15, 0.2) is 22.7 Å². The van der Waals surface area contributed by atoms with Crippen LogP contribution in [-0.4, -0.2) is 31.5 Å². The van der Waals surface area contributed by atoms with Gasteiger partial charge in [-0.25, -0.2) is 0 Å². The Morgan fingerprint density at radius 1 is 1.40 bits per heavy atom. The van der Waals surface area contributed by atoms with Gasteiger partial charge < -0.3 is 15.2 Å². The molecule has 3 nitrogen and oxygen atoms in total. The summed E-state index contributed by atoms with van der Waals surface area (Å²) in [5.41, 5.74) is 2.29. The molecule has 15 heavy (non-hydrogen) atoms. The largest absolute Gasteiger partial charge is 0.394 e. The Balaban J connectivity index is 2.33. The summed E-state index contributed by atoms with van der Waals surface area (Å²) in [6.07, 6.45) is 0. The van der Waals surface area contributed by atoms with Crippen molar-refractivity contribution in [1.82, 2.24) is 0 Å². The van der Waals surface area contributed by atoms with Crippen molar-refractivity contribution >= 4 is 21.6 Å². The lowest BCUT2D eigenvalue weighted by molar-refractivity contribution is 0.0992. The third kappa shape index (κ3) is 4.64. The van der Waals surface area contributed by atoms with Gasteiger partial charge in [-0.15, -0.1) is 0 Å². The maximum Gasteiger partial charge on any atom is 0.0698 e. The Kier molecular flexibility index (Phi) is 5.68. The predicted molar refractivity (Wildman–Crippen MR) is 65.3 cm³/mol. The van der Waals surface area contributed by atoms with Crippen LogP contribution < -0.4 is 5.32 Å². The number of aliphatic hydroxyl groups excluding tert-OH is 1. The fourth-order valence-electron chi connectivity index (χ4n) is 1.20. The number of rotatable bonds is 6. The van der Waals surface area contributed by atoms with Gasteiger partial charge in [-0.1, -0.05) is 6.07 Å². The number of hydrogen-bond acceptors (Lipinski definition) is 3. The molecule has 1 aromatic carbocycles. The second-order valence-corrected chi connectivity index (χ2v) is 4.10. The van der Waals surface area contributed by atoms with E-state index in [1.54, 1.807) is 0 Å². The number of ether oxygens (including phenoxy) is 1. The number of hydrogen-bond donors (Lipinski definition) is 2. The second-order valence-electron chi connectivity index (χ2n) is 3.25. The zero-order valence-corrected chi connectivity index (χ0v) is 10.4. The Morgan fingerprint density at radius 3 is 2.93 bits per heavy atom. The standard InChI is InChI=1S/C11H16BrNO2/c1-9-2-3-10(12)11(8-9)13-4-6-15-7-5-14/h2-3,8,13-14H,4-7H2,1H3. The highest BCUT2D eigenvalue weighted by Gasteiger charge is 1.98. The molecule has 0 fully saturated rings. The summed E-state index contributed by atoms with van der Waals surface area (Å²) in [5.74, 6) is 0. The van der Waals surface area contributed by atoms with Gasteiger partial charge >= 0.3 is 0 Å². The van der Waals surface area contributed by atoms with Crippen LogP contribution in [0.2, 0.25) is 0 Å². The van der Waals surface area contributed by atoms with Crippen molar-refractivity contribution in [1.29, 1.82) is 0 Å². The van der Waals surface area contributed by atoms with E-state index in [2.05, 4.69) is 40.3 Å². The Morgan fingerprint density at radius 2 is 2.20 bits per heavy atom. The molecule has 0 saturated carbocycles. The quantitative estimate of drug-likeness (QED) is 0.781. The van der Waals surface area contributed by atoms with Gasteiger partial charge in [0.1, 0.15) is 0 Å². The molecule has 1 rings (SSSR count). The minimum absolute atomic E-state index is 0.0775. The first kappa shape index (κ1) is 12.5. The molecule has 2 N–H and O–H groups in total. The molecule has 1 aromatic rings. The highest BCUT2D eigenvalue weighted by atomic mass is 79.9. The third-order valence-electron chi connectivity index (χ3n) is 1.92. The SMILES string of the molecule is Cc1ccc(Br)c(NCCOCCO)c1. The zero-order chi connectivity index (χ0) is 11.1. The van der Waals surface area contributed by atoms with Gasteiger partial charge in [0.15, 0.2) is 0 Å². The molecule has 0 amide bonds. The van der Waals surface area contributed by atoms with E-state index in [1.165, 1.54) is 5.56 Å². The van der Waals surface area contributed by atoms with Gasteiger partial charge in [0.25, 0.3) is 0 Å². The first-order chi connectivity index (χ1) is 7.24. The lowest BCUT2D eigenvalue weighted by Crippen LogP contribution is -2.11. The monoisotopic (exact) mass is 273 g/mol. The molecule has 0 heterocycles. The lowest BCUT2D eigenvalue weighted by Gasteiger charge is -2.09. The zero-order valence-electron chi connectivity index (χ0n) is 8.79. The molecule has 0 aliphatic heterocycles. The smallest absolute Gasteiger partial charge is 0.0698 e. The van der Waals surface area contributed by atoms with Crippen molar-refractivity contribution in [2.24, 2.45) is 0 Å². The molecule has 0 aliphatic carbocycles. The molecule has 0 radical (unpaired) electrons. The van der Waals surface area contributed by atoms with E-state index in [9.17, 15) is 0 Å². The summed E-state index contributed by atoms with van der Waals surface area (Å²) in [6.45, 7) is 3.87. The second kappa shape index (κ2) is 6.82. The molecular weight excluding hydrogens is 258 g/mol. The average Bonchev–Trinajstić information content (AvgIpc) is 2.23. The van der Waals surface area contributed by atoms with Crippen LogP contribution in [0.1, 0.15) is 5.56 Å². The van der Waals surface area contributed by atoms with Gasteiger partial charge in [0, 0.05) is 16.7 Å². The lowest BCUT2D eigenvalue weighted by atomic mass is 10.2. The van der Waals surface area contributed by atoms with E-state index in [0.717, 1.165) is 16.7 Å². The maximum atomic E-state index is 8.51. The normalized spacial score (nSPS) is 10.3. The molecule has 0 unspecified atom stereocenters. The number of aliphatic hydroxyl groups is 1. The molecule has 0 aliphatic rings. The van der Waals surface area contributed by atoms with Crippen LogP contribution >= 0.6 is 15.9 Å². The number of nitrogens with one attached hydrogen (secondary N) is 1. The van der Waals surface area contributed by atoms with Crippen LogP contribution in [-0.2, 0) is 4.74 Å². The average molecular weight is 274 g/mol. The van der Waals surface area contributed by atoms with Crippen LogP contribution in [0.5, 0.6) is 0 Å². The van der Waals surface area contributed by atoms with Gasteiger partial charge in [-0.3, -0.25) is 0 Å². The summed E-state index contributed by atoms with van der Waals surface area (Å²) in [5, 5.41) is 11.8. The number of halogens is 1. The fraction of sp³-hybridized carbons (Fsp3) is 0.455. The Bertz CT molecular complexity index is 305. The van der Waals surface area contributed by atoms with Crippen LogP contribution in [0.25, 0.3) is 0 Å². The first-order valence-electron chi connectivity index (χ1n) is 4.92. The molecule has 0 bridgehead atoms. The fourth-order valence-corrected chi connectivity index (χ4v) is 1.59. The van der Waals surface area contributed by atoms with Gasteiger partial charge in [0.2, 0.25) is 0 Å². The first-order valence-corrected chi connectivity index (χ1v) is 5.72. The topological polar surface area (TPSA) is 41.5 Å². The number of benzene rings is 1. The number of aryl methyl sites for hydroxylation is 1. The maximum absolute atomic E-state index is 8.51. The van der Waals surface area contributed by atoms with Gasteiger partial charge in [-0.2, -0.15) is 0 Å². The minimum Gasteiger partial charge on any atom is -0.394 e. The van der Waals surface area contributed by atoms with Crippen molar-refractivity contribution < 1.29 is 9.84 Å². The van der Waals surface area contributed by atoms with Crippen LogP contribution in [0, 0.1) is 6.92 Å². The summed E-state index contributed by atoms with van der Waals surface area (Å²) in [6, 6.07) is 6.15. The summed E-state index contributed by atoms with van der Waals surface area (Å²) < 4.78 is 6.20. The summed E-state index contributed by atoms with van der Waals surface area (Å²) in [4.78, 5) is 0. The minimum atomic E-state index is 0.0775. The molecule has 0 spiro atoms. The molecule has 0 saturated heterocycles. The van der Waals surface area contributed by atoms with E-state index in [4.69, 9.17) is 9.84 Å². The van der Waals surface area contributed by atoms with Crippen molar-refractivity contribution in [3.63, 3.8) is 0 Å². The van der Waals surface area contributed by atoms with E-state index < -0.39 is 0 Å². The highest BCUT2D eigenvalue weighted by Crippen LogP contribution is 2.22. The van der Waals surface area contributed by atoms with Crippen molar-refractivity contribution in [3.05, 3.63) is 28.2 Å². The summed E-state index contributed by atoms with van der Waals surface area (Å²) in [7, 11) is 0. The number of anilines is 1. The van der Waals surface area contributed by atoms with Crippen molar-refractivity contribution in [3.8, 4) is 0 Å². The Labute approximate surface area is 98.6 Å². The van der Waals surface area contributed by atoms with Gasteiger partial charge in [0.05, 0.1) is 19.8 Å². The molecule has 4 heteroatoms. The molecule has 0 aromatic heterocycles. The predicted octanol–water partition coefficient (Wildman–Crippen LogP) is 2.18. The highest BCUT2D eigenvalue weighted by molar-refractivity contribution is 9.10. The van der Waals surface area contributed by atoms with E-state index >= 15 is 0 Å². The van der Waals surface area contributed by atoms with E-state index in [1.807, 2.05) is 6.07 Å². The van der Waals surface area contributed by atoms with Crippen LogP contribution in [0.4, 0.5) is 5.69 Å². The summed E-state index contributed by atoms with van der Waals surface area (Å²) >= 11 is 3.47. The van der Waals surface area contributed by atoms with E-state index in [-0.39, 0.29) is 6.61 Å². The third-order valence-corrected chi connectivity index (χ3v) is 2.61. The molecular formula is C11H16BrNO2. The van der Waals surface area contributed by atoms with Crippen molar-refractivity contribution in [2.75, 3.05) is 31.7 Å². The van der Waals surface area contributed by atoms with E-state index in [0.29, 0.717) is 13.2 Å². The molecule has 84 valence electrons. The molecule has 0 atom stereocenters. The Hall–Kier alpha value is -0.580. The van der Waals surface area contributed by atoms with Gasteiger partial charge in [-0.05, 0) is 40.5 Å².